The van der Waals surface area contributed by atoms with E-state index in [-0.39, 0.29) is 24.0 Å². The third-order valence-corrected chi connectivity index (χ3v) is 3.64. The molecule has 2 rings (SSSR count). The van der Waals surface area contributed by atoms with Gasteiger partial charge >= 0.3 is 0 Å². The topological polar surface area (TPSA) is 67.8 Å². The zero-order valence-corrected chi connectivity index (χ0v) is 17.8. The van der Waals surface area contributed by atoms with E-state index >= 15 is 0 Å². The van der Waals surface area contributed by atoms with Gasteiger partial charge in [-0.15, -0.1) is 24.0 Å². The highest BCUT2D eigenvalue weighted by atomic mass is 127. The number of halogens is 1. The second-order valence-electron chi connectivity index (χ2n) is 5.43. The Morgan fingerprint density at radius 3 is 2.31 bits per heavy atom. The van der Waals surface area contributed by atoms with Crippen molar-refractivity contribution in [3.05, 3.63) is 53.7 Å². The molecule has 0 bridgehead atoms. The lowest BCUT2D eigenvalue weighted by atomic mass is 10.1. The SMILES string of the molecule is CCNC(=NCc1ccc(OC)nc1)NCCc1ccc(OC)cc1.I. The summed E-state index contributed by atoms with van der Waals surface area (Å²) < 4.78 is 10.2. The van der Waals surface area contributed by atoms with Crippen LogP contribution in [0, 0.1) is 0 Å². The molecule has 0 saturated heterocycles. The molecule has 0 amide bonds. The van der Waals surface area contributed by atoms with Crippen molar-refractivity contribution >= 4 is 29.9 Å². The number of ether oxygens (including phenoxy) is 2. The molecule has 0 fully saturated rings. The molecule has 142 valence electrons. The van der Waals surface area contributed by atoms with Crippen molar-refractivity contribution in [2.45, 2.75) is 19.9 Å². The fourth-order valence-electron chi connectivity index (χ4n) is 2.25. The molecule has 1 heterocycles. The zero-order valence-electron chi connectivity index (χ0n) is 15.5. The molecule has 0 unspecified atom stereocenters. The first-order valence-corrected chi connectivity index (χ1v) is 8.39. The number of aliphatic imine (C=N–C) groups is 1. The van der Waals surface area contributed by atoms with Gasteiger partial charge in [0.05, 0.1) is 20.8 Å². The molecule has 2 aromatic rings. The van der Waals surface area contributed by atoms with E-state index in [1.54, 1.807) is 20.4 Å². The number of nitrogens with zero attached hydrogens (tertiary/aromatic N) is 2. The number of guanidine groups is 1. The van der Waals surface area contributed by atoms with Crippen molar-refractivity contribution in [2.75, 3.05) is 27.3 Å². The lowest BCUT2D eigenvalue weighted by Crippen LogP contribution is -2.38. The number of benzene rings is 1. The summed E-state index contributed by atoms with van der Waals surface area (Å²) in [6.07, 6.45) is 2.70. The van der Waals surface area contributed by atoms with Crippen molar-refractivity contribution in [1.29, 1.82) is 0 Å². The van der Waals surface area contributed by atoms with Gasteiger partial charge in [-0.1, -0.05) is 18.2 Å². The number of methoxy groups -OCH3 is 2. The monoisotopic (exact) mass is 470 g/mol. The Hall–Kier alpha value is -2.03. The Bertz CT molecular complexity index is 660. The van der Waals surface area contributed by atoms with E-state index in [0.717, 1.165) is 36.8 Å². The van der Waals surface area contributed by atoms with Gasteiger partial charge in [0.25, 0.3) is 0 Å². The number of nitrogens with one attached hydrogen (secondary N) is 2. The van der Waals surface area contributed by atoms with E-state index < -0.39 is 0 Å². The highest BCUT2D eigenvalue weighted by Gasteiger charge is 2.00. The molecular formula is C19H27IN4O2. The van der Waals surface area contributed by atoms with Crippen molar-refractivity contribution in [2.24, 2.45) is 4.99 Å². The number of hydrogen-bond donors (Lipinski definition) is 2. The van der Waals surface area contributed by atoms with Crippen LogP contribution >= 0.6 is 24.0 Å². The zero-order chi connectivity index (χ0) is 17.9. The van der Waals surface area contributed by atoms with Gasteiger partial charge in [-0.2, -0.15) is 0 Å². The van der Waals surface area contributed by atoms with Crippen molar-refractivity contribution in [3.63, 3.8) is 0 Å². The van der Waals surface area contributed by atoms with E-state index in [4.69, 9.17) is 9.47 Å². The molecule has 0 spiro atoms. The summed E-state index contributed by atoms with van der Waals surface area (Å²) in [5, 5.41) is 6.61. The first-order chi connectivity index (χ1) is 12.2. The predicted octanol–water partition coefficient (Wildman–Crippen LogP) is 3.01. The molecule has 1 aromatic heterocycles. The van der Waals surface area contributed by atoms with Crippen molar-refractivity contribution in [3.8, 4) is 11.6 Å². The van der Waals surface area contributed by atoms with Gasteiger partial charge in [-0.3, -0.25) is 0 Å². The minimum Gasteiger partial charge on any atom is -0.497 e. The summed E-state index contributed by atoms with van der Waals surface area (Å²) in [5.41, 5.74) is 2.29. The van der Waals surface area contributed by atoms with E-state index in [9.17, 15) is 0 Å². The first-order valence-electron chi connectivity index (χ1n) is 8.39. The number of aromatic nitrogens is 1. The highest BCUT2D eigenvalue weighted by Crippen LogP contribution is 2.11. The third-order valence-electron chi connectivity index (χ3n) is 3.64. The van der Waals surface area contributed by atoms with Crippen molar-refractivity contribution in [1.82, 2.24) is 15.6 Å². The molecule has 0 saturated carbocycles. The number of hydrogen-bond acceptors (Lipinski definition) is 4. The Morgan fingerprint density at radius 2 is 1.73 bits per heavy atom. The van der Waals surface area contributed by atoms with Gasteiger partial charge in [-0.25, -0.2) is 9.98 Å². The van der Waals surface area contributed by atoms with E-state index in [1.165, 1.54) is 5.56 Å². The maximum atomic E-state index is 5.17. The average molecular weight is 470 g/mol. The largest absolute Gasteiger partial charge is 0.497 e. The molecule has 0 aliphatic heterocycles. The molecule has 0 aliphatic rings. The van der Waals surface area contributed by atoms with Gasteiger partial charge < -0.3 is 20.1 Å². The third kappa shape index (κ3) is 7.47. The maximum Gasteiger partial charge on any atom is 0.212 e. The lowest BCUT2D eigenvalue weighted by Gasteiger charge is -2.11. The predicted molar refractivity (Wildman–Crippen MR) is 116 cm³/mol. The maximum absolute atomic E-state index is 5.17. The Labute approximate surface area is 172 Å². The molecule has 6 nitrogen and oxygen atoms in total. The Morgan fingerprint density at radius 1 is 1.00 bits per heavy atom. The second kappa shape index (κ2) is 12.3. The van der Waals surface area contributed by atoms with Crippen LogP contribution in [0.3, 0.4) is 0 Å². The number of rotatable bonds is 8. The van der Waals surface area contributed by atoms with Crippen LogP contribution in [-0.2, 0) is 13.0 Å². The molecular weight excluding hydrogens is 443 g/mol. The normalized spacial score (nSPS) is 10.7. The van der Waals surface area contributed by atoms with E-state index in [2.05, 4.69) is 39.7 Å². The summed E-state index contributed by atoms with van der Waals surface area (Å²) in [6.45, 7) is 4.23. The van der Waals surface area contributed by atoms with Crippen LogP contribution in [0.2, 0.25) is 0 Å². The summed E-state index contributed by atoms with van der Waals surface area (Å²) in [4.78, 5) is 8.79. The standard InChI is InChI=1S/C19H26N4O2.HI/c1-4-20-19(23-14-16-7-10-18(25-3)22-13-16)21-12-11-15-5-8-17(24-2)9-6-15;/h5-10,13H,4,11-12,14H2,1-3H3,(H2,20,21,23);1H. The summed E-state index contributed by atoms with van der Waals surface area (Å²) in [5.74, 6) is 2.28. The van der Waals surface area contributed by atoms with Crippen LogP contribution in [0.15, 0.2) is 47.6 Å². The van der Waals surface area contributed by atoms with Crippen molar-refractivity contribution < 1.29 is 9.47 Å². The minimum atomic E-state index is 0. The smallest absolute Gasteiger partial charge is 0.212 e. The fraction of sp³-hybridized carbons (Fsp3) is 0.368. The highest BCUT2D eigenvalue weighted by molar-refractivity contribution is 14.0. The van der Waals surface area contributed by atoms with Gasteiger partial charge in [0.1, 0.15) is 5.75 Å². The second-order valence-corrected chi connectivity index (χ2v) is 5.43. The molecule has 1 aromatic carbocycles. The van der Waals surface area contributed by atoms with Crippen LogP contribution in [0.5, 0.6) is 11.6 Å². The first kappa shape index (κ1) is 22.0. The van der Waals surface area contributed by atoms with Gasteiger partial charge in [-0.05, 0) is 36.6 Å². The Kier molecular flexibility index (Phi) is 10.5. The Balaban J connectivity index is 0.00000338. The molecule has 0 aliphatic carbocycles. The van der Waals surface area contributed by atoms with E-state index in [1.807, 2.05) is 24.3 Å². The number of pyridine rings is 1. The van der Waals surface area contributed by atoms with Crippen LogP contribution in [0.25, 0.3) is 0 Å². The summed E-state index contributed by atoms with van der Waals surface area (Å²) in [7, 11) is 3.28. The fourth-order valence-corrected chi connectivity index (χ4v) is 2.25. The van der Waals surface area contributed by atoms with Gasteiger partial charge in [0, 0.05) is 25.4 Å². The van der Waals surface area contributed by atoms with Crippen LogP contribution in [-0.4, -0.2) is 38.3 Å². The quantitative estimate of drug-likeness (QED) is 0.353. The van der Waals surface area contributed by atoms with E-state index in [0.29, 0.717) is 12.4 Å². The van der Waals surface area contributed by atoms with Gasteiger partial charge in [0.2, 0.25) is 5.88 Å². The molecule has 2 N–H and O–H groups in total. The summed E-state index contributed by atoms with van der Waals surface area (Å²) >= 11 is 0. The van der Waals surface area contributed by atoms with Crippen LogP contribution in [0.1, 0.15) is 18.1 Å². The molecule has 0 radical (unpaired) electrons. The summed E-state index contributed by atoms with van der Waals surface area (Å²) in [6, 6.07) is 11.9. The lowest BCUT2D eigenvalue weighted by molar-refractivity contribution is 0.397. The molecule has 0 atom stereocenters. The van der Waals surface area contributed by atoms with Crippen LogP contribution < -0.4 is 20.1 Å². The average Bonchev–Trinajstić information content (AvgIpc) is 2.67. The molecule has 26 heavy (non-hydrogen) atoms. The van der Waals surface area contributed by atoms with Crippen LogP contribution in [0.4, 0.5) is 0 Å². The van der Waals surface area contributed by atoms with Gasteiger partial charge in [0.15, 0.2) is 5.96 Å². The minimum absolute atomic E-state index is 0. The molecule has 7 heteroatoms.